The maximum absolute atomic E-state index is 12.7. The van der Waals surface area contributed by atoms with Crippen LogP contribution in [0.2, 0.25) is 0 Å². The Kier molecular flexibility index (Phi) is 3.55. The van der Waals surface area contributed by atoms with Crippen LogP contribution >= 0.6 is 0 Å². The van der Waals surface area contributed by atoms with E-state index in [0.29, 0.717) is 22.6 Å². The van der Waals surface area contributed by atoms with E-state index in [9.17, 15) is 9.90 Å². The lowest BCUT2D eigenvalue weighted by atomic mass is 9.88. The van der Waals surface area contributed by atoms with Crippen LogP contribution in [0.3, 0.4) is 0 Å². The molecule has 0 unspecified atom stereocenters. The van der Waals surface area contributed by atoms with E-state index < -0.39 is 11.2 Å². The Labute approximate surface area is 142 Å². The maximum Gasteiger partial charge on any atom is 0.172 e. The molecule has 0 bridgehead atoms. The van der Waals surface area contributed by atoms with Gasteiger partial charge in [0.05, 0.1) is 11.1 Å². The van der Waals surface area contributed by atoms with Crippen LogP contribution in [0.15, 0.2) is 12.2 Å². The van der Waals surface area contributed by atoms with Gasteiger partial charge in [0.1, 0.15) is 34.0 Å². The summed E-state index contributed by atoms with van der Waals surface area (Å²) >= 11 is 0. The first-order valence-electron chi connectivity index (χ1n) is 8.26. The summed E-state index contributed by atoms with van der Waals surface area (Å²) in [6.07, 6.45) is 7.55. The molecule has 0 saturated carbocycles. The van der Waals surface area contributed by atoms with Gasteiger partial charge >= 0.3 is 0 Å². The molecule has 1 aromatic rings. The highest BCUT2D eigenvalue weighted by Crippen LogP contribution is 2.50. The van der Waals surface area contributed by atoms with E-state index >= 15 is 0 Å². The fraction of sp³-hybridized carbons (Fsp3) is 0.450. The van der Waals surface area contributed by atoms with Crippen LogP contribution in [0.1, 0.15) is 63.0 Å². The van der Waals surface area contributed by atoms with Crippen molar-refractivity contribution in [1.82, 2.24) is 0 Å². The Morgan fingerprint density at radius 2 is 1.46 bits per heavy atom. The molecule has 128 valence electrons. The Hall–Kier alpha value is -2.23. The minimum Gasteiger partial charge on any atom is -0.506 e. The first kappa shape index (κ1) is 16.6. The highest BCUT2D eigenvalue weighted by Gasteiger charge is 2.36. The normalized spacial score (nSPS) is 19.3. The number of carbonyl (C=O) groups excluding carboxylic acids is 1. The van der Waals surface area contributed by atoms with E-state index in [4.69, 9.17) is 9.47 Å². The molecule has 1 aromatic carbocycles. The summed E-state index contributed by atoms with van der Waals surface area (Å²) in [6.45, 7) is 11.3. The van der Waals surface area contributed by atoms with Crippen molar-refractivity contribution in [3.05, 3.63) is 28.8 Å². The van der Waals surface area contributed by atoms with Crippen LogP contribution in [-0.2, 0) is 0 Å². The number of phenolic OH excluding ortho intramolecular Hbond substituents is 1. The van der Waals surface area contributed by atoms with Gasteiger partial charge in [-0.2, -0.15) is 0 Å². The molecular formula is C20H24O4. The topological polar surface area (TPSA) is 55.8 Å². The fourth-order valence-corrected chi connectivity index (χ4v) is 2.93. The van der Waals surface area contributed by atoms with Crippen LogP contribution in [0.5, 0.6) is 17.2 Å². The number of benzene rings is 1. The summed E-state index contributed by atoms with van der Waals surface area (Å²) in [5.41, 5.74) is 0.440. The maximum atomic E-state index is 12.7. The van der Waals surface area contributed by atoms with Gasteiger partial charge in [-0.15, -0.1) is 0 Å². The second kappa shape index (κ2) is 5.13. The number of rotatable bonds is 2. The molecule has 0 aliphatic carbocycles. The lowest BCUT2D eigenvalue weighted by Crippen LogP contribution is -2.32. The largest absolute Gasteiger partial charge is 0.506 e. The molecule has 2 aliphatic heterocycles. The molecule has 0 aromatic heterocycles. The molecule has 0 radical (unpaired) electrons. The van der Waals surface area contributed by atoms with Crippen molar-refractivity contribution in [2.45, 2.75) is 52.7 Å². The van der Waals surface area contributed by atoms with Gasteiger partial charge in [-0.25, -0.2) is 0 Å². The third-order valence-electron chi connectivity index (χ3n) is 4.26. The van der Waals surface area contributed by atoms with Crippen LogP contribution in [0, 0.1) is 5.92 Å². The van der Waals surface area contributed by atoms with Crippen molar-refractivity contribution < 1.29 is 19.4 Å². The number of fused-ring (bicyclic) bond motifs is 3. The summed E-state index contributed by atoms with van der Waals surface area (Å²) in [7, 11) is 0. The Morgan fingerprint density at radius 3 is 2.00 bits per heavy atom. The van der Waals surface area contributed by atoms with Gasteiger partial charge < -0.3 is 14.6 Å². The number of hydrogen-bond donors (Lipinski definition) is 1. The average molecular weight is 328 g/mol. The van der Waals surface area contributed by atoms with Gasteiger partial charge in [-0.3, -0.25) is 4.79 Å². The number of phenols is 1. The van der Waals surface area contributed by atoms with Crippen LogP contribution < -0.4 is 9.47 Å². The van der Waals surface area contributed by atoms with E-state index in [-0.39, 0.29) is 23.0 Å². The van der Waals surface area contributed by atoms with Crippen LogP contribution in [0.25, 0.3) is 12.2 Å². The zero-order valence-corrected chi connectivity index (χ0v) is 15.1. The van der Waals surface area contributed by atoms with E-state index in [1.54, 1.807) is 0 Å². The van der Waals surface area contributed by atoms with Gasteiger partial charge in [0.2, 0.25) is 0 Å². The molecule has 0 saturated heterocycles. The molecule has 0 fully saturated rings. The van der Waals surface area contributed by atoms with E-state index in [0.717, 1.165) is 0 Å². The van der Waals surface area contributed by atoms with Crippen molar-refractivity contribution in [3.8, 4) is 17.2 Å². The monoisotopic (exact) mass is 328 g/mol. The molecular weight excluding hydrogens is 304 g/mol. The number of ether oxygens (including phenoxy) is 2. The number of Topliss-reactive ketones (excluding diaryl/α,β-unsaturated/α-hetero) is 1. The first-order chi connectivity index (χ1) is 11.0. The van der Waals surface area contributed by atoms with Crippen molar-refractivity contribution in [1.29, 1.82) is 0 Å². The van der Waals surface area contributed by atoms with E-state index in [2.05, 4.69) is 0 Å². The molecule has 0 spiro atoms. The Morgan fingerprint density at radius 1 is 0.958 bits per heavy atom. The summed E-state index contributed by atoms with van der Waals surface area (Å²) in [6, 6.07) is 0. The number of hydrogen-bond acceptors (Lipinski definition) is 4. The van der Waals surface area contributed by atoms with Crippen molar-refractivity contribution in [2.24, 2.45) is 5.92 Å². The molecule has 0 atom stereocenters. The van der Waals surface area contributed by atoms with E-state index in [1.807, 2.05) is 65.8 Å². The van der Waals surface area contributed by atoms with E-state index in [1.165, 1.54) is 0 Å². The number of carbonyl (C=O) groups is 1. The highest BCUT2D eigenvalue weighted by molar-refractivity contribution is 6.06. The van der Waals surface area contributed by atoms with Crippen molar-refractivity contribution in [3.63, 3.8) is 0 Å². The smallest absolute Gasteiger partial charge is 0.172 e. The predicted molar refractivity (Wildman–Crippen MR) is 94.8 cm³/mol. The Bertz CT molecular complexity index is 780. The standard InChI is InChI=1S/C20H24O4/c1-11(2)15(21)14-16(22)12-7-9-19(3,4)23-17(12)13-8-10-20(5,6)24-18(13)14/h7-11,22H,1-6H3. The summed E-state index contributed by atoms with van der Waals surface area (Å²) in [4.78, 5) is 12.7. The lowest BCUT2D eigenvalue weighted by Gasteiger charge is -2.35. The van der Waals surface area contributed by atoms with Gasteiger partial charge in [0.15, 0.2) is 5.78 Å². The quantitative estimate of drug-likeness (QED) is 0.806. The molecule has 4 heteroatoms. The molecule has 2 heterocycles. The molecule has 4 nitrogen and oxygen atoms in total. The number of ketones is 1. The van der Waals surface area contributed by atoms with Crippen molar-refractivity contribution in [2.75, 3.05) is 0 Å². The SMILES string of the molecule is CC(C)C(=O)c1c(O)c2c(c3c1OC(C)(C)C=C3)OC(C)(C)C=C2. The van der Waals surface area contributed by atoms with Gasteiger partial charge in [-0.1, -0.05) is 13.8 Å². The minimum absolute atomic E-state index is 0.0692. The van der Waals surface area contributed by atoms with Crippen molar-refractivity contribution >= 4 is 17.9 Å². The lowest BCUT2D eigenvalue weighted by molar-refractivity contribution is 0.0921. The Balaban J connectivity index is 2.34. The summed E-state index contributed by atoms with van der Waals surface area (Å²) < 4.78 is 12.1. The van der Waals surface area contributed by atoms with Crippen LogP contribution in [0.4, 0.5) is 0 Å². The predicted octanol–water partition coefficient (Wildman–Crippen LogP) is 4.60. The molecule has 3 rings (SSSR count). The second-order valence-electron chi connectivity index (χ2n) is 7.81. The third-order valence-corrected chi connectivity index (χ3v) is 4.26. The fourth-order valence-electron chi connectivity index (χ4n) is 2.93. The van der Waals surface area contributed by atoms with Gasteiger partial charge in [0.25, 0.3) is 0 Å². The van der Waals surface area contributed by atoms with Gasteiger partial charge in [-0.05, 0) is 52.0 Å². The average Bonchev–Trinajstić information content (AvgIpc) is 2.44. The second-order valence-corrected chi connectivity index (χ2v) is 7.81. The first-order valence-corrected chi connectivity index (χ1v) is 8.26. The zero-order valence-electron chi connectivity index (χ0n) is 15.1. The third kappa shape index (κ3) is 2.60. The van der Waals surface area contributed by atoms with Crippen LogP contribution in [-0.4, -0.2) is 22.1 Å². The summed E-state index contributed by atoms with van der Waals surface area (Å²) in [5, 5.41) is 10.8. The molecule has 0 amide bonds. The molecule has 24 heavy (non-hydrogen) atoms. The molecule has 1 N–H and O–H groups in total. The minimum atomic E-state index is -0.556. The number of aromatic hydroxyl groups is 1. The van der Waals surface area contributed by atoms with Gasteiger partial charge in [0, 0.05) is 5.92 Å². The molecule has 2 aliphatic rings. The highest BCUT2D eigenvalue weighted by atomic mass is 16.5. The zero-order chi connectivity index (χ0) is 17.9. The summed E-state index contributed by atoms with van der Waals surface area (Å²) in [5.74, 6) is 0.502.